The van der Waals surface area contributed by atoms with Gasteiger partial charge in [-0.15, -0.1) is 0 Å². The van der Waals surface area contributed by atoms with E-state index in [-0.39, 0.29) is 18.1 Å². The Morgan fingerprint density at radius 1 is 1.00 bits per heavy atom. The number of rotatable bonds is 5. The standard InChI is InChI=1S/C29H28N4O2S/c1-18-10-9-11-21(16-18)33-27(26(31-29(33)36)24-13-7-8-15-30-24)23-17-19(2)32(20(23)3)25-14-6-5-12-22(25)28(34)35-4/h5-17,26-27H,1-4H3,(H,31,36)/t26-,27+/m0/s1. The molecule has 2 atom stereocenters. The topological polar surface area (TPSA) is 59.4 Å². The lowest BCUT2D eigenvalue weighted by atomic mass is 9.96. The molecule has 7 heteroatoms. The Morgan fingerprint density at radius 3 is 2.50 bits per heavy atom. The van der Waals surface area contributed by atoms with E-state index in [9.17, 15) is 4.79 Å². The number of para-hydroxylation sites is 1. The Labute approximate surface area is 216 Å². The van der Waals surface area contributed by atoms with Gasteiger partial charge in [0.15, 0.2) is 5.11 Å². The summed E-state index contributed by atoms with van der Waals surface area (Å²) < 4.78 is 7.18. The second kappa shape index (κ2) is 9.59. The fraction of sp³-hybridized carbons (Fsp3) is 0.207. The van der Waals surface area contributed by atoms with Gasteiger partial charge in [-0.2, -0.15) is 0 Å². The molecule has 0 unspecified atom stereocenters. The molecule has 2 aromatic carbocycles. The summed E-state index contributed by atoms with van der Waals surface area (Å²) in [5, 5.41) is 4.19. The Kier molecular flexibility index (Phi) is 6.33. The Morgan fingerprint density at radius 2 is 1.78 bits per heavy atom. The lowest BCUT2D eigenvalue weighted by Gasteiger charge is -2.28. The molecule has 0 aliphatic carbocycles. The predicted molar refractivity (Wildman–Crippen MR) is 146 cm³/mol. The van der Waals surface area contributed by atoms with Gasteiger partial charge in [-0.1, -0.05) is 30.3 Å². The van der Waals surface area contributed by atoms with Crippen LogP contribution in [-0.4, -0.2) is 27.7 Å². The van der Waals surface area contributed by atoms with E-state index in [2.05, 4.69) is 64.8 Å². The first-order valence-corrected chi connectivity index (χ1v) is 12.3. The van der Waals surface area contributed by atoms with Gasteiger partial charge in [0, 0.05) is 23.3 Å². The zero-order valence-corrected chi connectivity index (χ0v) is 21.5. The van der Waals surface area contributed by atoms with Gasteiger partial charge in [0.05, 0.1) is 36.1 Å². The molecule has 1 aliphatic rings. The first-order chi connectivity index (χ1) is 17.4. The van der Waals surface area contributed by atoms with E-state index < -0.39 is 0 Å². The molecule has 182 valence electrons. The molecule has 5 rings (SSSR count). The van der Waals surface area contributed by atoms with Crippen molar-refractivity contribution >= 4 is 29.0 Å². The highest BCUT2D eigenvalue weighted by Crippen LogP contribution is 2.44. The van der Waals surface area contributed by atoms with Crippen molar-refractivity contribution in [3.05, 3.63) is 113 Å². The van der Waals surface area contributed by atoms with Crippen molar-refractivity contribution in [3.8, 4) is 5.69 Å². The molecule has 1 aliphatic heterocycles. The summed E-state index contributed by atoms with van der Waals surface area (Å²) in [5.41, 5.74) is 7.56. The molecule has 1 fully saturated rings. The zero-order valence-electron chi connectivity index (χ0n) is 20.7. The largest absolute Gasteiger partial charge is 0.465 e. The SMILES string of the molecule is COC(=O)c1ccccc1-n1c(C)cc([C@@H]2[C@H](c3ccccn3)NC(=S)N2c2cccc(C)c2)c1C. The first-order valence-electron chi connectivity index (χ1n) is 11.8. The molecular formula is C29H28N4O2S. The lowest BCUT2D eigenvalue weighted by Crippen LogP contribution is -2.29. The highest BCUT2D eigenvalue weighted by Gasteiger charge is 2.42. The lowest BCUT2D eigenvalue weighted by molar-refractivity contribution is 0.0600. The van der Waals surface area contributed by atoms with Crippen molar-refractivity contribution in [3.63, 3.8) is 0 Å². The Bertz CT molecular complexity index is 1450. The second-order valence-corrected chi connectivity index (χ2v) is 9.39. The predicted octanol–water partition coefficient (Wildman–Crippen LogP) is 5.76. The number of methoxy groups -OCH3 is 1. The Hall–Kier alpha value is -3.97. The number of carbonyl (C=O) groups excluding carboxylic acids is 1. The number of nitrogens with zero attached hydrogens (tertiary/aromatic N) is 3. The second-order valence-electron chi connectivity index (χ2n) is 9.01. The molecule has 6 nitrogen and oxygen atoms in total. The maximum absolute atomic E-state index is 12.6. The number of ether oxygens (including phenoxy) is 1. The average molecular weight is 497 g/mol. The van der Waals surface area contributed by atoms with Crippen molar-refractivity contribution < 1.29 is 9.53 Å². The van der Waals surface area contributed by atoms with Gasteiger partial charge < -0.3 is 19.5 Å². The number of aryl methyl sites for hydroxylation is 2. The first kappa shape index (κ1) is 23.8. The van der Waals surface area contributed by atoms with Gasteiger partial charge >= 0.3 is 5.97 Å². The molecule has 4 aromatic rings. The maximum atomic E-state index is 12.6. The van der Waals surface area contributed by atoms with Gasteiger partial charge in [0.2, 0.25) is 0 Å². The fourth-order valence-corrected chi connectivity index (χ4v) is 5.48. The number of esters is 1. The summed E-state index contributed by atoms with van der Waals surface area (Å²) in [5.74, 6) is -0.365. The molecule has 0 radical (unpaired) electrons. The normalized spacial score (nSPS) is 17.2. The zero-order chi connectivity index (χ0) is 25.4. The summed E-state index contributed by atoms with van der Waals surface area (Å²) in [4.78, 5) is 19.4. The van der Waals surface area contributed by atoms with Crippen molar-refractivity contribution in [1.82, 2.24) is 14.9 Å². The third kappa shape index (κ3) is 4.05. The van der Waals surface area contributed by atoms with E-state index in [0.717, 1.165) is 39.6 Å². The van der Waals surface area contributed by atoms with Crippen LogP contribution in [-0.2, 0) is 4.74 Å². The number of hydrogen-bond acceptors (Lipinski definition) is 4. The number of thiocarbonyl (C=S) groups is 1. The van der Waals surface area contributed by atoms with Gasteiger partial charge in [-0.05, 0) is 86.6 Å². The summed E-state index contributed by atoms with van der Waals surface area (Å²) in [7, 11) is 1.41. The van der Waals surface area contributed by atoms with Gasteiger partial charge in [-0.25, -0.2) is 4.79 Å². The van der Waals surface area contributed by atoms with Crippen molar-refractivity contribution in [2.45, 2.75) is 32.9 Å². The van der Waals surface area contributed by atoms with Crippen LogP contribution in [0.5, 0.6) is 0 Å². The van der Waals surface area contributed by atoms with E-state index in [1.54, 1.807) is 6.07 Å². The third-order valence-electron chi connectivity index (χ3n) is 6.72. The van der Waals surface area contributed by atoms with E-state index in [1.807, 2.05) is 48.7 Å². The number of carbonyl (C=O) groups is 1. The number of anilines is 1. The highest BCUT2D eigenvalue weighted by atomic mass is 32.1. The van der Waals surface area contributed by atoms with Crippen LogP contribution in [0.1, 0.15) is 50.7 Å². The van der Waals surface area contributed by atoms with E-state index >= 15 is 0 Å². The number of hydrogen-bond donors (Lipinski definition) is 1. The quantitative estimate of drug-likeness (QED) is 0.280. The van der Waals surface area contributed by atoms with Crippen molar-refractivity contribution in [2.24, 2.45) is 0 Å². The van der Waals surface area contributed by atoms with Crippen LogP contribution < -0.4 is 10.2 Å². The van der Waals surface area contributed by atoms with Gasteiger partial charge in [-0.3, -0.25) is 4.98 Å². The summed E-state index contributed by atoms with van der Waals surface area (Å²) in [6, 6.07) is 23.7. The minimum atomic E-state index is -0.365. The minimum Gasteiger partial charge on any atom is -0.465 e. The van der Waals surface area contributed by atoms with Crippen LogP contribution >= 0.6 is 12.2 Å². The average Bonchev–Trinajstić information content (AvgIpc) is 3.39. The van der Waals surface area contributed by atoms with E-state index in [0.29, 0.717) is 10.7 Å². The van der Waals surface area contributed by atoms with Crippen LogP contribution in [0.3, 0.4) is 0 Å². The molecule has 2 aromatic heterocycles. The molecule has 3 heterocycles. The van der Waals surface area contributed by atoms with E-state index in [4.69, 9.17) is 17.0 Å². The fourth-order valence-electron chi connectivity index (χ4n) is 5.14. The molecule has 36 heavy (non-hydrogen) atoms. The smallest absolute Gasteiger partial charge is 0.339 e. The van der Waals surface area contributed by atoms with Crippen LogP contribution in [0.25, 0.3) is 5.69 Å². The van der Waals surface area contributed by atoms with Gasteiger partial charge in [0.25, 0.3) is 0 Å². The van der Waals surface area contributed by atoms with Crippen molar-refractivity contribution in [1.29, 1.82) is 0 Å². The van der Waals surface area contributed by atoms with E-state index in [1.165, 1.54) is 7.11 Å². The molecule has 0 amide bonds. The number of nitrogens with one attached hydrogen (secondary N) is 1. The van der Waals surface area contributed by atoms with Crippen LogP contribution in [0.4, 0.5) is 5.69 Å². The molecule has 1 saturated heterocycles. The van der Waals surface area contributed by atoms with Crippen molar-refractivity contribution in [2.75, 3.05) is 12.0 Å². The maximum Gasteiger partial charge on any atom is 0.339 e. The minimum absolute atomic E-state index is 0.139. The molecule has 1 N–H and O–H groups in total. The monoisotopic (exact) mass is 496 g/mol. The number of benzene rings is 2. The number of aromatic nitrogens is 2. The third-order valence-corrected chi connectivity index (χ3v) is 7.03. The van der Waals surface area contributed by atoms with Gasteiger partial charge in [0.1, 0.15) is 0 Å². The number of pyridine rings is 1. The molecule has 0 spiro atoms. The summed E-state index contributed by atoms with van der Waals surface area (Å²) in [6.45, 7) is 6.22. The van der Waals surface area contributed by atoms with Crippen LogP contribution in [0.2, 0.25) is 0 Å². The highest BCUT2D eigenvalue weighted by molar-refractivity contribution is 7.80. The van der Waals surface area contributed by atoms with Crippen LogP contribution in [0, 0.1) is 20.8 Å². The molecule has 0 saturated carbocycles. The Balaban J connectivity index is 1.70. The summed E-state index contributed by atoms with van der Waals surface area (Å²) >= 11 is 5.89. The molecular weight excluding hydrogens is 468 g/mol. The molecule has 0 bridgehead atoms. The van der Waals surface area contributed by atoms with Crippen LogP contribution in [0.15, 0.2) is 79.0 Å². The summed E-state index contributed by atoms with van der Waals surface area (Å²) in [6.07, 6.45) is 1.81.